The highest BCUT2D eigenvalue weighted by atomic mass is 16.5. The number of anilines is 1. The van der Waals surface area contributed by atoms with Crippen LogP contribution in [0.15, 0.2) is 36.5 Å². The number of benzene rings is 1. The van der Waals surface area contributed by atoms with E-state index in [1.54, 1.807) is 12.3 Å². The standard InChI is InChI=1S/C15H16N2O/c16-13-6-7-17-14(9-13)10-18-15-5-4-11-2-1-3-12(11)8-15/h4-9H,1-3,10H2,(H2,16,17). The van der Waals surface area contributed by atoms with Crippen LogP contribution in [-0.2, 0) is 19.4 Å². The van der Waals surface area contributed by atoms with E-state index in [9.17, 15) is 0 Å². The summed E-state index contributed by atoms with van der Waals surface area (Å²) < 4.78 is 5.75. The molecule has 0 aliphatic heterocycles. The maximum Gasteiger partial charge on any atom is 0.130 e. The third-order valence-corrected chi connectivity index (χ3v) is 3.30. The van der Waals surface area contributed by atoms with E-state index in [-0.39, 0.29) is 0 Å². The molecule has 1 heterocycles. The van der Waals surface area contributed by atoms with Gasteiger partial charge in [-0.15, -0.1) is 0 Å². The number of aryl methyl sites for hydroxylation is 2. The summed E-state index contributed by atoms with van der Waals surface area (Å²) in [5, 5.41) is 0. The second-order valence-electron chi connectivity index (χ2n) is 4.65. The Morgan fingerprint density at radius 2 is 2.00 bits per heavy atom. The van der Waals surface area contributed by atoms with Gasteiger partial charge in [-0.1, -0.05) is 6.07 Å². The van der Waals surface area contributed by atoms with E-state index in [1.165, 1.54) is 30.4 Å². The molecular weight excluding hydrogens is 224 g/mol. The maximum absolute atomic E-state index is 5.75. The van der Waals surface area contributed by atoms with Crippen molar-refractivity contribution in [2.24, 2.45) is 0 Å². The molecule has 0 amide bonds. The zero-order valence-corrected chi connectivity index (χ0v) is 10.2. The summed E-state index contributed by atoms with van der Waals surface area (Å²) in [5.74, 6) is 0.917. The van der Waals surface area contributed by atoms with Crippen molar-refractivity contribution in [3.05, 3.63) is 53.3 Å². The number of nitrogens with two attached hydrogens (primary N) is 1. The van der Waals surface area contributed by atoms with E-state index in [0.717, 1.165) is 17.1 Å². The largest absolute Gasteiger partial charge is 0.487 e. The Labute approximate surface area is 107 Å². The maximum atomic E-state index is 5.75. The van der Waals surface area contributed by atoms with Gasteiger partial charge in [0.05, 0.1) is 5.69 Å². The van der Waals surface area contributed by atoms with Crippen LogP contribution in [0.1, 0.15) is 23.2 Å². The minimum absolute atomic E-state index is 0.462. The van der Waals surface area contributed by atoms with Gasteiger partial charge in [0.1, 0.15) is 12.4 Å². The molecular formula is C15H16N2O. The van der Waals surface area contributed by atoms with Gasteiger partial charge in [-0.25, -0.2) is 0 Å². The Bertz CT molecular complexity index is 566. The first-order valence-corrected chi connectivity index (χ1v) is 6.26. The van der Waals surface area contributed by atoms with Crippen LogP contribution >= 0.6 is 0 Å². The first-order valence-electron chi connectivity index (χ1n) is 6.26. The monoisotopic (exact) mass is 240 g/mol. The predicted octanol–water partition coefficient (Wildman–Crippen LogP) is 2.73. The summed E-state index contributed by atoms with van der Waals surface area (Å²) in [6.45, 7) is 0.462. The minimum Gasteiger partial charge on any atom is -0.487 e. The van der Waals surface area contributed by atoms with Crippen LogP contribution in [0.2, 0.25) is 0 Å². The number of pyridine rings is 1. The van der Waals surface area contributed by atoms with Crippen molar-refractivity contribution >= 4 is 5.69 Å². The van der Waals surface area contributed by atoms with Crippen molar-refractivity contribution in [2.45, 2.75) is 25.9 Å². The molecule has 2 aromatic rings. The first-order chi connectivity index (χ1) is 8.81. The number of rotatable bonds is 3. The van der Waals surface area contributed by atoms with Gasteiger partial charge >= 0.3 is 0 Å². The topological polar surface area (TPSA) is 48.1 Å². The number of nitrogens with zero attached hydrogens (tertiary/aromatic N) is 1. The molecule has 0 radical (unpaired) electrons. The van der Waals surface area contributed by atoms with Crippen molar-refractivity contribution in [2.75, 3.05) is 5.73 Å². The minimum atomic E-state index is 0.462. The molecule has 3 rings (SSSR count). The van der Waals surface area contributed by atoms with Crippen molar-refractivity contribution < 1.29 is 4.74 Å². The van der Waals surface area contributed by atoms with Gasteiger partial charge in [0.2, 0.25) is 0 Å². The number of aromatic nitrogens is 1. The molecule has 0 saturated carbocycles. The molecule has 0 fully saturated rings. The van der Waals surface area contributed by atoms with E-state index < -0.39 is 0 Å². The smallest absolute Gasteiger partial charge is 0.130 e. The number of hydrogen-bond acceptors (Lipinski definition) is 3. The molecule has 0 spiro atoms. The molecule has 1 aliphatic carbocycles. The molecule has 1 aliphatic rings. The fourth-order valence-electron chi connectivity index (χ4n) is 2.37. The zero-order valence-electron chi connectivity index (χ0n) is 10.2. The van der Waals surface area contributed by atoms with E-state index in [0.29, 0.717) is 6.61 Å². The molecule has 0 saturated heterocycles. The Morgan fingerprint density at radius 1 is 1.11 bits per heavy atom. The molecule has 0 atom stereocenters. The normalized spacial score (nSPS) is 13.3. The molecule has 1 aromatic heterocycles. The van der Waals surface area contributed by atoms with Crippen molar-refractivity contribution in [3.63, 3.8) is 0 Å². The first kappa shape index (κ1) is 11.1. The summed E-state index contributed by atoms with van der Waals surface area (Å²) in [5.41, 5.74) is 10.2. The van der Waals surface area contributed by atoms with Crippen LogP contribution in [0, 0.1) is 0 Å². The molecule has 0 unspecified atom stereocenters. The molecule has 18 heavy (non-hydrogen) atoms. The van der Waals surface area contributed by atoms with E-state index in [2.05, 4.69) is 17.1 Å². The number of hydrogen-bond donors (Lipinski definition) is 1. The SMILES string of the molecule is Nc1ccnc(COc2ccc3c(c2)CCC3)c1. The lowest BCUT2D eigenvalue weighted by Gasteiger charge is -2.08. The van der Waals surface area contributed by atoms with E-state index in [4.69, 9.17) is 10.5 Å². The summed E-state index contributed by atoms with van der Waals surface area (Å²) in [4.78, 5) is 4.22. The van der Waals surface area contributed by atoms with Crippen LogP contribution in [0.3, 0.4) is 0 Å². The van der Waals surface area contributed by atoms with Gasteiger partial charge in [0.25, 0.3) is 0 Å². The highest BCUT2D eigenvalue weighted by molar-refractivity contribution is 5.39. The lowest BCUT2D eigenvalue weighted by atomic mass is 10.1. The summed E-state index contributed by atoms with van der Waals surface area (Å²) in [6, 6.07) is 9.97. The van der Waals surface area contributed by atoms with Crippen LogP contribution in [0.5, 0.6) is 5.75 Å². The molecule has 92 valence electrons. The molecule has 2 N–H and O–H groups in total. The fourth-order valence-corrected chi connectivity index (χ4v) is 2.37. The molecule has 0 bridgehead atoms. The molecule has 3 nitrogen and oxygen atoms in total. The quantitative estimate of drug-likeness (QED) is 0.897. The summed E-state index contributed by atoms with van der Waals surface area (Å²) in [6.07, 6.45) is 5.34. The Morgan fingerprint density at radius 3 is 2.89 bits per heavy atom. The van der Waals surface area contributed by atoms with Gasteiger partial charge in [-0.05, 0) is 54.7 Å². The van der Waals surface area contributed by atoms with Crippen LogP contribution in [0.4, 0.5) is 5.69 Å². The van der Waals surface area contributed by atoms with Crippen molar-refractivity contribution in [1.82, 2.24) is 4.98 Å². The van der Waals surface area contributed by atoms with Crippen molar-refractivity contribution in [1.29, 1.82) is 0 Å². The van der Waals surface area contributed by atoms with Gasteiger partial charge in [-0.2, -0.15) is 0 Å². The second-order valence-corrected chi connectivity index (χ2v) is 4.65. The number of nitrogen functional groups attached to an aromatic ring is 1. The van der Waals surface area contributed by atoms with Gasteiger partial charge in [-0.3, -0.25) is 4.98 Å². The van der Waals surface area contributed by atoms with Gasteiger partial charge < -0.3 is 10.5 Å². The lowest BCUT2D eigenvalue weighted by Crippen LogP contribution is -1.99. The third kappa shape index (κ3) is 2.30. The summed E-state index contributed by atoms with van der Waals surface area (Å²) >= 11 is 0. The highest BCUT2D eigenvalue weighted by Crippen LogP contribution is 2.26. The predicted molar refractivity (Wildman–Crippen MR) is 71.4 cm³/mol. The lowest BCUT2D eigenvalue weighted by molar-refractivity contribution is 0.301. The number of fused-ring (bicyclic) bond motifs is 1. The Hall–Kier alpha value is -2.03. The van der Waals surface area contributed by atoms with Gasteiger partial charge in [0, 0.05) is 11.9 Å². The van der Waals surface area contributed by atoms with E-state index in [1.807, 2.05) is 12.1 Å². The third-order valence-electron chi connectivity index (χ3n) is 3.30. The fraction of sp³-hybridized carbons (Fsp3) is 0.267. The average Bonchev–Trinajstić information content (AvgIpc) is 2.84. The van der Waals surface area contributed by atoms with Crippen LogP contribution in [0.25, 0.3) is 0 Å². The Balaban J connectivity index is 1.70. The highest BCUT2D eigenvalue weighted by Gasteiger charge is 2.11. The Kier molecular flexibility index (Phi) is 2.89. The number of ether oxygens (including phenoxy) is 1. The van der Waals surface area contributed by atoms with Crippen LogP contribution < -0.4 is 10.5 Å². The summed E-state index contributed by atoms with van der Waals surface area (Å²) in [7, 11) is 0. The second kappa shape index (κ2) is 4.69. The van der Waals surface area contributed by atoms with Crippen molar-refractivity contribution in [3.8, 4) is 5.75 Å². The van der Waals surface area contributed by atoms with Crippen LogP contribution in [-0.4, -0.2) is 4.98 Å². The molecule has 1 aromatic carbocycles. The molecule has 3 heteroatoms. The zero-order chi connectivity index (χ0) is 12.4. The average molecular weight is 240 g/mol. The van der Waals surface area contributed by atoms with E-state index >= 15 is 0 Å². The van der Waals surface area contributed by atoms with Gasteiger partial charge in [0.15, 0.2) is 0 Å².